The van der Waals surface area contributed by atoms with Gasteiger partial charge in [0.15, 0.2) is 0 Å². The van der Waals surface area contributed by atoms with Crippen molar-refractivity contribution in [2.45, 2.75) is 18.9 Å². The smallest absolute Gasteiger partial charge is 0.250 e. The number of pyridine rings is 1. The molecule has 3 amide bonds. The molecule has 1 aliphatic heterocycles. The summed E-state index contributed by atoms with van der Waals surface area (Å²) in [6.07, 6.45) is 2.04. The van der Waals surface area contributed by atoms with Gasteiger partial charge in [-0.25, -0.2) is 4.98 Å². The van der Waals surface area contributed by atoms with Gasteiger partial charge in [0, 0.05) is 12.6 Å². The maximum atomic E-state index is 11.5. The van der Waals surface area contributed by atoms with Gasteiger partial charge in [0.1, 0.15) is 11.9 Å². The molecule has 0 aliphatic carbocycles. The molecule has 0 bridgehead atoms. The lowest BCUT2D eigenvalue weighted by Gasteiger charge is -2.22. The third-order valence-electron chi connectivity index (χ3n) is 2.61. The fourth-order valence-electron chi connectivity index (χ4n) is 1.63. The number of nitrogens with one attached hydrogen (secondary N) is 2. The van der Waals surface area contributed by atoms with E-state index in [1.807, 2.05) is 0 Å². The summed E-state index contributed by atoms with van der Waals surface area (Å²) in [6.45, 7) is 0. The lowest BCUT2D eigenvalue weighted by Crippen LogP contribution is -2.47. The van der Waals surface area contributed by atoms with Gasteiger partial charge in [-0.3, -0.25) is 19.7 Å². The van der Waals surface area contributed by atoms with Crippen LogP contribution in [0.2, 0.25) is 0 Å². The highest BCUT2D eigenvalue weighted by Gasteiger charge is 2.26. The third-order valence-corrected chi connectivity index (χ3v) is 2.61. The van der Waals surface area contributed by atoms with Gasteiger partial charge in [0.2, 0.25) is 17.7 Å². The van der Waals surface area contributed by atoms with Crippen molar-refractivity contribution in [3.63, 3.8) is 0 Å². The molecule has 7 heteroatoms. The number of rotatable bonds is 3. The average Bonchev–Trinajstić information content (AvgIpc) is 2.33. The molecule has 1 aliphatic rings. The molecule has 1 saturated heterocycles. The van der Waals surface area contributed by atoms with Crippen LogP contribution in [0.1, 0.15) is 23.2 Å². The van der Waals surface area contributed by atoms with Gasteiger partial charge in [-0.2, -0.15) is 0 Å². The predicted molar refractivity (Wildman–Crippen MR) is 62.5 cm³/mol. The van der Waals surface area contributed by atoms with Crippen LogP contribution in [0.25, 0.3) is 0 Å². The van der Waals surface area contributed by atoms with Crippen molar-refractivity contribution < 1.29 is 14.4 Å². The number of piperidine rings is 1. The maximum Gasteiger partial charge on any atom is 0.250 e. The van der Waals surface area contributed by atoms with Gasteiger partial charge in [0.25, 0.3) is 0 Å². The molecule has 0 radical (unpaired) electrons. The zero-order valence-electron chi connectivity index (χ0n) is 9.47. The number of amides is 3. The lowest BCUT2D eigenvalue weighted by atomic mass is 10.1. The second kappa shape index (κ2) is 4.82. The Balaban J connectivity index is 2.03. The van der Waals surface area contributed by atoms with E-state index in [1.165, 1.54) is 12.3 Å². The topological polar surface area (TPSA) is 114 Å². The van der Waals surface area contributed by atoms with E-state index in [1.54, 1.807) is 6.07 Å². The molecule has 94 valence electrons. The van der Waals surface area contributed by atoms with Crippen LogP contribution in [-0.2, 0) is 9.59 Å². The van der Waals surface area contributed by atoms with Crippen molar-refractivity contribution in [3.8, 4) is 0 Å². The second-order valence-electron chi connectivity index (χ2n) is 3.94. The summed E-state index contributed by atoms with van der Waals surface area (Å²) in [5.41, 5.74) is 5.38. The van der Waals surface area contributed by atoms with Crippen molar-refractivity contribution in [2.24, 2.45) is 5.73 Å². The molecule has 1 atom stereocenters. The van der Waals surface area contributed by atoms with E-state index >= 15 is 0 Å². The molecule has 1 unspecified atom stereocenters. The van der Waals surface area contributed by atoms with Crippen LogP contribution in [0.3, 0.4) is 0 Å². The van der Waals surface area contributed by atoms with Crippen molar-refractivity contribution in [1.82, 2.24) is 10.3 Å². The molecular weight excluding hydrogens is 236 g/mol. The van der Waals surface area contributed by atoms with E-state index in [4.69, 9.17) is 5.73 Å². The lowest BCUT2D eigenvalue weighted by molar-refractivity contribution is -0.133. The van der Waals surface area contributed by atoms with E-state index in [0.29, 0.717) is 24.2 Å². The summed E-state index contributed by atoms with van der Waals surface area (Å²) < 4.78 is 0. The Labute approximate surface area is 103 Å². The summed E-state index contributed by atoms with van der Waals surface area (Å²) >= 11 is 0. The van der Waals surface area contributed by atoms with Gasteiger partial charge in [-0.1, -0.05) is 0 Å². The highest BCUT2D eigenvalue weighted by atomic mass is 16.2. The summed E-state index contributed by atoms with van der Waals surface area (Å²) in [7, 11) is 0. The van der Waals surface area contributed by atoms with Gasteiger partial charge >= 0.3 is 0 Å². The van der Waals surface area contributed by atoms with Crippen LogP contribution in [-0.4, -0.2) is 28.7 Å². The highest BCUT2D eigenvalue weighted by molar-refractivity contribution is 6.01. The number of carbonyl (C=O) groups is 3. The quantitative estimate of drug-likeness (QED) is 0.618. The molecule has 1 aromatic heterocycles. The van der Waals surface area contributed by atoms with Crippen molar-refractivity contribution >= 4 is 23.5 Å². The Hall–Kier alpha value is -2.44. The van der Waals surface area contributed by atoms with Gasteiger partial charge in [0.05, 0.1) is 5.56 Å². The fraction of sp³-hybridized carbons (Fsp3) is 0.273. The Morgan fingerprint density at radius 2 is 2.22 bits per heavy atom. The molecule has 2 heterocycles. The number of primary amides is 1. The monoisotopic (exact) mass is 248 g/mol. The molecule has 0 saturated carbocycles. The van der Waals surface area contributed by atoms with Gasteiger partial charge < -0.3 is 11.1 Å². The first-order valence-electron chi connectivity index (χ1n) is 5.42. The van der Waals surface area contributed by atoms with Crippen LogP contribution >= 0.6 is 0 Å². The average molecular weight is 248 g/mol. The number of aromatic nitrogens is 1. The van der Waals surface area contributed by atoms with E-state index < -0.39 is 11.9 Å². The standard InChI is InChI=1S/C11H12N4O3/c12-10(17)6-1-3-8(13-5-6)14-7-2-4-9(16)15-11(7)18/h1,3,5,7H,2,4H2,(H2,12,17)(H,13,14)(H,15,16,18). The Kier molecular flexibility index (Phi) is 3.22. The van der Waals surface area contributed by atoms with Crippen molar-refractivity contribution in [1.29, 1.82) is 0 Å². The number of hydrogen-bond donors (Lipinski definition) is 3. The second-order valence-corrected chi connectivity index (χ2v) is 3.94. The number of carbonyl (C=O) groups excluding carboxylic acids is 3. The summed E-state index contributed by atoms with van der Waals surface area (Å²) in [6, 6.07) is 2.59. The normalized spacial score (nSPS) is 19.2. The summed E-state index contributed by atoms with van der Waals surface area (Å²) in [5.74, 6) is -0.744. The zero-order chi connectivity index (χ0) is 13.1. The minimum atomic E-state index is -0.560. The number of anilines is 1. The van der Waals surface area contributed by atoms with Gasteiger partial charge in [-0.05, 0) is 18.6 Å². The largest absolute Gasteiger partial charge is 0.366 e. The molecule has 2 rings (SSSR count). The van der Waals surface area contributed by atoms with Gasteiger partial charge in [-0.15, -0.1) is 0 Å². The van der Waals surface area contributed by atoms with Crippen molar-refractivity contribution in [3.05, 3.63) is 23.9 Å². The molecule has 0 aromatic carbocycles. The number of imide groups is 1. The number of nitrogens with two attached hydrogens (primary N) is 1. The van der Waals surface area contributed by atoms with Crippen LogP contribution in [0, 0.1) is 0 Å². The minimum absolute atomic E-state index is 0.268. The Morgan fingerprint density at radius 1 is 1.44 bits per heavy atom. The first-order valence-corrected chi connectivity index (χ1v) is 5.42. The highest BCUT2D eigenvalue weighted by Crippen LogP contribution is 2.11. The summed E-state index contributed by atoms with van der Waals surface area (Å²) in [4.78, 5) is 37.3. The molecule has 7 nitrogen and oxygen atoms in total. The first-order chi connectivity index (χ1) is 8.56. The fourth-order valence-corrected chi connectivity index (χ4v) is 1.63. The predicted octanol–water partition coefficient (Wildman–Crippen LogP) is -0.602. The van der Waals surface area contributed by atoms with Crippen LogP contribution in [0.5, 0.6) is 0 Å². The van der Waals surface area contributed by atoms with Crippen LogP contribution < -0.4 is 16.4 Å². The van der Waals surface area contributed by atoms with E-state index in [-0.39, 0.29) is 11.8 Å². The first kappa shape index (κ1) is 12.0. The molecule has 1 aromatic rings. The summed E-state index contributed by atoms with van der Waals surface area (Å²) in [5, 5.41) is 5.13. The molecule has 0 spiro atoms. The SMILES string of the molecule is NC(=O)c1ccc(NC2CCC(=O)NC2=O)nc1. The maximum absolute atomic E-state index is 11.5. The molecular formula is C11H12N4O3. The number of nitrogens with zero attached hydrogens (tertiary/aromatic N) is 1. The van der Waals surface area contributed by atoms with Crippen LogP contribution in [0.15, 0.2) is 18.3 Å². The van der Waals surface area contributed by atoms with Crippen LogP contribution in [0.4, 0.5) is 5.82 Å². The Bertz CT molecular complexity index is 498. The molecule has 1 fully saturated rings. The van der Waals surface area contributed by atoms with Crippen molar-refractivity contribution in [2.75, 3.05) is 5.32 Å². The zero-order valence-corrected chi connectivity index (χ0v) is 9.47. The molecule has 18 heavy (non-hydrogen) atoms. The van der Waals surface area contributed by atoms with E-state index in [2.05, 4.69) is 15.6 Å². The molecule has 4 N–H and O–H groups in total. The number of hydrogen-bond acceptors (Lipinski definition) is 5. The Morgan fingerprint density at radius 3 is 2.78 bits per heavy atom. The minimum Gasteiger partial charge on any atom is -0.366 e. The van der Waals surface area contributed by atoms with E-state index in [9.17, 15) is 14.4 Å². The third kappa shape index (κ3) is 2.62. The van der Waals surface area contributed by atoms with E-state index in [0.717, 1.165) is 0 Å².